The van der Waals surface area contributed by atoms with Crippen LogP contribution in [0, 0.1) is 0 Å². The van der Waals surface area contributed by atoms with Gasteiger partial charge in [-0.3, -0.25) is 4.79 Å². The number of hydrogen-bond acceptors (Lipinski definition) is 2. The van der Waals surface area contributed by atoms with E-state index in [1.165, 1.54) is 22.3 Å². The van der Waals surface area contributed by atoms with Gasteiger partial charge < -0.3 is 4.74 Å². The molecule has 0 radical (unpaired) electrons. The maximum absolute atomic E-state index is 11.9. The van der Waals surface area contributed by atoms with Crippen molar-refractivity contribution in [3.8, 4) is 16.9 Å². The fourth-order valence-electron chi connectivity index (χ4n) is 3.29. The minimum atomic E-state index is 0.281. The molecule has 1 aliphatic carbocycles. The highest BCUT2D eigenvalue weighted by atomic mass is 16.5. The lowest BCUT2D eigenvalue weighted by molar-refractivity contribution is 0.0994. The average molecular weight is 264 g/mol. The summed E-state index contributed by atoms with van der Waals surface area (Å²) in [5.41, 5.74) is 5.84. The highest BCUT2D eigenvalue weighted by Gasteiger charge is 2.22. The molecule has 2 aromatic rings. The zero-order chi connectivity index (χ0) is 13.5. The first-order valence-corrected chi connectivity index (χ1v) is 7.24. The number of Topliss-reactive ketones (excluding diaryl/α,β-unsaturated/α-hetero) is 1. The lowest BCUT2D eigenvalue weighted by Gasteiger charge is -2.18. The van der Waals surface area contributed by atoms with E-state index >= 15 is 0 Å². The van der Waals surface area contributed by atoms with E-state index in [1.54, 1.807) is 0 Å². The number of ether oxygens (including phenoxy) is 1. The maximum atomic E-state index is 11.9. The second-order valence-corrected chi connectivity index (χ2v) is 5.53. The first kappa shape index (κ1) is 11.7. The van der Waals surface area contributed by atoms with Gasteiger partial charge in [0.05, 0.1) is 6.61 Å². The number of fused-ring (bicyclic) bond motifs is 2. The van der Waals surface area contributed by atoms with Gasteiger partial charge in [-0.1, -0.05) is 24.3 Å². The van der Waals surface area contributed by atoms with Crippen molar-refractivity contribution in [1.29, 1.82) is 0 Å². The van der Waals surface area contributed by atoms with Crippen molar-refractivity contribution >= 4 is 5.78 Å². The molecule has 0 spiro atoms. The largest absolute Gasteiger partial charge is 0.493 e. The molecule has 0 saturated heterocycles. The second-order valence-electron chi connectivity index (χ2n) is 5.53. The van der Waals surface area contributed by atoms with Gasteiger partial charge in [-0.15, -0.1) is 0 Å². The van der Waals surface area contributed by atoms with Crippen molar-refractivity contribution < 1.29 is 9.53 Å². The fraction of sp³-hybridized carbons (Fsp3) is 0.278. The standard InChI is InChI=1S/C18H16O2/c19-17-8-7-15-14(4-1-5-16(15)17)12-6-9-18-13(11-12)3-2-10-20-18/h1,4-6,9,11H,2-3,7-8,10H2. The second kappa shape index (κ2) is 4.48. The average Bonchev–Trinajstić information content (AvgIpc) is 2.88. The van der Waals surface area contributed by atoms with Gasteiger partial charge in [0.2, 0.25) is 0 Å². The summed E-state index contributed by atoms with van der Waals surface area (Å²) in [5, 5.41) is 0. The molecule has 4 rings (SSSR count). The summed E-state index contributed by atoms with van der Waals surface area (Å²) in [7, 11) is 0. The van der Waals surface area contributed by atoms with Gasteiger partial charge in [0.25, 0.3) is 0 Å². The molecule has 0 aromatic heterocycles. The molecule has 20 heavy (non-hydrogen) atoms. The molecule has 2 heteroatoms. The molecule has 0 amide bonds. The third kappa shape index (κ3) is 1.75. The molecule has 2 aromatic carbocycles. The fourth-order valence-corrected chi connectivity index (χ4v) is 3.29. The van der Waals surface area contributed by atoms with Gasteiger partial charge in [-0.2, -0.15) is 0 Å². The van der Waals surface area contributed by atoms with E-state index in [-0.39, 0.29) is 5.78 Å². The molecule has 0 unspecified atom stereocenters. The molecule has 0 saturated carbocycles. The van der Waals surface area contributed by atoms with Gasteiger partial charge >= 0.3 is 0 Å². The Balaban J connectivity index is 1.84. The van der Waals surface area contributed by atoms with Crippen LogP contribution < -0.4 is 4.74 Å². The molecule has 1 heterocycles. The summed E-state index contributed by atoms with van der Waals surface area (Å²) < 4.78 is 5.67. The maximum Gasteiger partial charge on any atom is 0.163 e. The van der Waals surface area contributed by atoms with E-state index in [2.05, 4.69) is 24.3 Å². The van der Waals surface area contributed by atoms with Crippen LogP contribution in [0.1, 0.15) is 34.3 Å². The molecule has 0 atom stereocenters. The van der Waals surface area contributed by atoms with Crippen LogP contribution >= 0.6 is 0 Å². The number of carbonyl (C=O) groups excluding carboxylic acids is 1. The van der Waals surface area contributed by atoms with E-state index < -0.39 is 0 Å². The minimum absolute atomic E-state index is 0.281. The number of rotatable bonds is 1. The summed E-state index contributed by atoms with van der Waals surface area (Å²) in [4.78, 5) is 11.9. The number of aryl methyl sites for hydroxylation is 1. The van der Waals surface area contributed by atoms with E-state index in [1.807, 2.05) is 12.1 Å². The molecule has 100 valence electrons. The van der Waals surface area contributed by atoms with Gasteiger partial charge in [-0.25, -0.2) is 0 Å². The normalized spacial score (nSPS) is 16.5. The Morgan fingerprint density at radius 1 is 0.950 bits per heavy atom. The Kier molecular flexibility index (Phi) is 2.62. The molecule has 0 N–H and O–H groups in total. The van der Waals surface area contributed by atoms with Crippen LogP contribution in [0.15, 0.2) is 36.4 Å². The van der Waals surface area contributed by atoms with Crippen LogP contribution in [0.2, 0.25) is 0 Å². The molecular weight excluding hydrogens is 248 g/mol. The van der Waals surface area contributed by atoms with E-state index in [9.17, 15) is 4.79 Å². The summed E-state index contributed by atoms with van der Waals surface area (Å²) in [6.45, 7) is 0.821. The summed E-state index contributed by atoms with van der Waals surface area (Å²) in [5.74, 6) is 1.30. The first-order valence-electron chi connectivity index (χ1n) is 7.24. The van der Waals surface area contributed by atoms with Gasteiger partial charge in [-0.05, 0) is 53.6 Å². The summed E-state index contributed by atoms with van der Waals surface area (Å²) in [6.07, 6.45) is 3.69. The Labute approximate surface area is 118 Å². The van der Waals surface area contributed by atoms with Crippen LogP contribution in [0.4, 0.5) is 0 Å². The Bertz CT molecular complexity index is 701. The van der Waals surface area contributed by atoms with Crippen LogP contribution in [0.5, 0.6) is 5.75 Å². The van der Waals surface area contributed by atoms with Crippen molar-refractivity contribution in [2.45, 2.75) is 25.7 Å². The van der Waals surface area contributed by atoms with Crippen LogP contribution in [0.25, 0.3) is 11.1 Å². The van der Waals surface area contributed by atoms with Gasteiger partial charge in [0.1, 0.15) is 5.75 Å². The Hall–Kier alpha value is -2.09. The lowest BCUT2D eigenvalue weighted by atomic mass is 9.94. The van der Waals surface area contributed by atoms with E-state index in [4.69, 9.17) is 4.74 Å². The van der Waals surface area contributed by atoms with E-state index in [0.29, 0.717) is 6.42 Å². The molecule has 0 bridgehead atoms. The van der Waals surface area contributed by atoms with Gasteiger partial charge in [0.15, 0.2) is 5.78 Å². The molecular formula is C18H16O2. The third-order valence-electron chi connectivity index (χ3n) is 4.30. The predicted molar refractivity (Wildman–Crippen MR) is 78.3 cm³/mol. The van der Waals surface area contributed by atoms with Crippen molar-refractivity contribution in [2.75, 3.05) is 6.61 Å². The third-order valence-corrected chi connectivity index (χ3v) is 4.30. The quantitative estimate of drug-likeness (QED) is 0.783. The topological polar surface area (TPSA) is 26.3 Å². The first-order chi connectivity index (χ1) is 9.83. The monoisotopic (exact) mass is 264 g/mol. The minimum Gasteiger partial charge on any atom is -0.493 e. The molecule has 0 fully saturated rings. The predicted octanol–water partition coefficient (Wildman–Crippen LogP) is 3.81. The summed E-state index contributed by atoms with van der Waals surface area (Å²) >= 11 is 0. The van der Waals surface area contributed by atoms with Crippen molar-refractivity contribution in [2.24, 2.45) is 0 Å². The lowest BCUT2D eigenvalue weighted by Crippen LogP contribution is -2.08. The number of hydrogen-bond donors (Lipinski definition) is 0. The smallest absolute Gasteiger partial charge is 0.163 e. The van der Waals surface area contributed by atoms with Crippen LogP contribution in [-0.2, 0) is 12.8 Å². The Morgan fingerprint density at radius 2 is 1.85 bits per heavy atom. The van der Waals surface area contributed by atoms with Gasteiger partial charge in [0, 0.05) is 12.0 Å². The SMILES string of the molecule is O=C1CCc2c1cccc2-c1ccc2c(c1)CCCO2. The Morgan fingerprint density at radius 3 is 2.80 bits per heavy atom. The van der Waals surface area contributed by atoms with Crippen LogP contribution in [0.3, 0.4) is 0 Å². The number of benzene rings is 2. The summed E-state index contributed by atoms with van der Waals surface area (Å²) in [6, 6.07) is 12.5. The highest BCUT2D eigenvalue weighted by molar-refractivity contribution is 6.02. The van der Waals surface area contributed by atoms with Crippen LogP contribution in [-0.4, -0.2) is 12.4 Å². The zero-order valence-electron chi connectivity index (χ0n) is 11.3. The van der Waals surface area contributed by atoms with Crippen molar-refractivity contribution in [3.05, 3.63) is 53.1 Å². The number of carbonyl (C=O) groups is 1. The number of ketones is 1. The zero-order valence-corrected chi connectivity index (χ0v) is 11.3. The van der Waals surface area contributed by atoms with Crippen molar-refractivity contribution in [3.63, 3.8) is 0 Å². The van der Waals surface area contributed by atoms with Crippen molar-refractivity contribution in [1.82, 2.24) is 0 Å². The molecule has 1 aliphatic heterocycles. The molecule has 2 nitrogen and oxygen atoms in total. The molecule has 2 aliphatic rings. The van der Waals surface area contributed by atoms with E-state index in [0.717, 1.165) is 37.2 Å². The highest BCUT2D eigenvalue weighted by Crippen LogP contribution is 2.35.